The molecule has 1 aromatic carbocycles. The predicted molar refractivity (Wildman–Crippen MR) is 76.5 cm³/mol. The third-order valence-corrected chi connectivity index (χ3v) is 3.97. The molecule has 1 aromatic heterocycles. The highest BCUT2D eigenvalue weighted by Crippen LogP contribution is 2.24. The zero-order valence-corrected chi connectivity index (χ0v) is 11.4. The van der Waals surface area contributed by atoms with E-state index >= 15 is 0 Å². The molecule has 1 aliphatic rings. The molecule has 2 aromatic rings. The standard InChI is InChI=1S/C15H16N2O4/c18-9-11-5-3-7-16(11)14(19)13-8-10-4-1-2-6-12(10)17(13)15(20)21/h1-2,4,6,8,11,18H,3,5,7,9H2,(H,20,21). The molecule has 1 fully saturated rings. The molecule has 1 aliphatic heterocycles. The number of fused-ring (bicyclic) bond motifs is 1. The number of nitrogens with zero attached hydrogens (tertiary/aromatic N) is 2. The van der Waals surface area contributed by atoms with Crippen LogP contribution in [0.3, 0.4) is 0 Å². The molecule has 1 saturated heterocycles. The monoisotopic (exact) mass is 288 g/mol. The van der Waals surface area contributed by atoms with Crippen LogP contribution in [0.25, 0.3) is 10.9 Å². The molecule has 0 aliphatic carbocycles. The maximum absolute atomic E-state index is 12.6. The Labute approximate surface area is 121 Å². The molecule has 6 nitrogen and oxygen atoms in total. The number of carbonyl (C=O) groups is 2. The number of benzene rings is 1. The van der Waals surface area contributed by atoms with Crippen molar-refractivity contribution in [2.75, 3.05) is 13.2 Å². The van der Waals surface area contributed by atoms with Crippen molar-refractivity contribution in [1.82, 2.24) is 9.47 Å². The van der Waals surface area contributed by atoms with Gasteiger partial charge in [0.2, 0.25) is 0 Å². The third-order valence-electron chi connectivity index (χ3n) is 3.97. The van der Waals surface area contributed by atoms with Crippen LogP contribution >= 0.6 is 0 Å². The molecule has 0 bridgehead atoms. The number of rotatable bonds is 2. The lowest BCUT2D eigenvalue weighted by molar-refractivity contribution is 0.0667. The molecular formula is C15H16N2O4. The van der Waals surface area contributed by atoms with Gasteiger partial charge in [-0.3, -0.25) is 4.79 Å². The van der Waals surface area contributed by atoms with Gasteiger partial charge in [-0.1, -0.05) is 18.2 Å². The maximum Gasteiger partial charge on any atom is 0.416 e. The molecule has 3 rings (SSSR count). The van der Waals surface area contributed by atoms with Crippen LogP contribution in [0.15, 0.2) is 30.3 Å². The van der Waals surface area contributed by atoms with Crippen LogP contribution in [0.1, 0.15) is 23.3 Å². The van der Waals surface area contributed by atoms with Crippen molar-refractivity contribution in [3.63, 3.8) is 0 Å². The van der Waals surface area contributed by atoms with Crippen LogP contribution in [0.4, 0.5) is 4.79 Å². The molecule has 0 saturated carbocycles. The summed E-state index contributed by atoms with van der Waals surface area (Å²) in [5.41, 5.74) is 0.622. The zero-order valence-electron chi connectivity index (χ0n) is 11.4. The smallest absolute Gasteiger partial charge is 0.416 e. The molecule has 21 heavy (non-hydrogen) atoms. The predicted octanol–water partition coefficient (Wildman–Crippen LogP) is 1.76. The van der Waals surface area contributed by atoms with E-state index in [1.54, 1.807) is 35.2 Å². The second kappa shape index (κ2) is 5.21. The second-order valence-electron chi connectivity index (χ2n) is 5.18. The van der Waals surface area contributed by atoms with Gasteiger partial charge in [-0.2, -0.15) is 0 Å². The second-order valence-corrected chi connectivity index (χ2v) is 5.18. The Kier molecular flexibility index (Phi) is 3.39. The van der Waals surface area contributed by atoms with Gasteiger partial charge in [-0.05, 0) is 25.0 Å². The minimum absolute atomic E-state index is 0.0982. The lowest BCUT2D eigenvalue weighted by atomic mass is 10.2. The Balaban J connectivity index is 2.09. The number of aliphatic hydroxyl groups is 1. The molecule has 1 unspecified atom stereocenters. The zero-order chi connectivity index (χ0) is 15.0. The molecule has 0 spiro atoms. The summed E-state index contributed by atoms with van der Waals surface area (Å²) in [6.07, 6.45) is 0.388. The highest BCUT2D eigenvalue weighted by molar-refractivity contribution is 6.03. The molecule has 2 heterocycles. The minimum atomic E-state index is -1.18. The van der Waals surface area contributed by atoms with Gasteiger partial charge < -0.3 is 15.1 Å². The summed E-state index contributed by atoms with van der Waals surface area (Å²) in [5, 5.41) is 19.5. The Morgan fingerprint density at radius 1 is 1.29 bits per heavy atom. The summed E-state index contributed by atoms with van der Waals surface area (Å²) in [7, 11) is 0. The SMILES string of the molecule is O=C(c1cc2ccccc2n1C(=O)O)N1CCCC1CO. The third kappa shape index (κ3) is 2.17. The summed E-state index contributed by atoms with van der Waals surface area (Å²) >= 11 is 0. The normalized spacial score (nSPS) is 18.3. The van der Waals surface area contributed by atoms with E-state index in [-0.39, 0.29) is 24.2 Å². The number of aromatic nitrogens is 1. The highest BCUT2D eigenvalue weighted by Gasteiger charge is 2.31. The number of hydrogen-bond acceptors (Lipinski definition) is 3. The molecule has 6 heteroatoms. The first-order valence-corrected chi connectivity index (χ1v) is 6.89. The molecular weight excluding hydrogens is 272 g/mol. The summed E-state index contributed by atoms with van der Waals surface area (Å²) in [4.78, 5) is 25.7. The van der Waals surface area contributed by atoms with E-state index < -0.39 is 6.09 Å². The number of para-hydroxylation sites is 1. The van der Waals surface area contributed by atoms with Gasteiger partial charge >= 0.3 is 6.09 Å². The fourth-order valence-electron chi connectivity index (χ4n) is 2.96. The van der Waals surface area contributed by atoms with Gasteiger partial charge in [0.1, 0.15) is 5.69 Å². The largest absolute Gasteiger partial charge is 0.464 e. The summed E-state index contributed by atoms with van der Waals surface area (Å²) < 4.78 is 1.02. The van der Waals surface area contributed by atoms with E-state index in [2.05, 4.69) is 0 Å². The van der Waals surface area contributed by atoms with Crippen LogP contribution in [-0.4, -0.2) is 50.9 Å². The Morgan fingerprint density at radius 3 is 2.76 bits per heavy atom. The lowest BCUT2D eigenvalue weighted by Gasteiger charge is -2.23. The molecule has 2 N–H and O–H groups in total. The average Bonchev–Trinajstić information content (AvgIpc) is 3.10. The van der Waals surface area contributed by atoms with E-state index in [4.69, 9.17) is 0 Å². The van der Waals surface area contributed by atoms with Crippen molar-refractivity contribution >= 4 is 22.9 Å². The number of carboxylic acid groups (broad SMARTS) is 1. The Hall–Kier alpha value is -2.34. The fourth-order valence-corrected chi connectivity index (χ4v) is 2.96. The Bertz CT molecular complexity index is 707. The fraction of sp³-hybridized carbons (Fsp3) is 0.333. The van der Waals surface area contributed by atoms with E-state index in [0.29, 0.717) is 17.4 Å². The van der Waals surface area contributed by atoms with Gasteiger partial charge in [0.15, 0.2) is 0 Å². The van der Waals surface area contributed by atoms with Crippen LogP contribution in [0.2, 0.25) is 0 Å². The van der Waals surface area contributed by atoms with E-state index in [0.717, 1.165) is 17.4 Å². The van der Waals surface area contributed by atoms with Crippen LogP contribution in [0.5, 0.6) is 0 Å². The minimum Gasteiger partial charge on any atom is -0.464 e. The number of aliphatic hydroxyl groups excluding tert-OH is 1. The summed E-state index contributed by atoms with van der Waals surface area (Å²) in [5.74, 6) is -0.342. The van der Waals surface area contributed by atoms with Gasteiger partial charge in [0.25, 0.3) is 5.91 Å². The lowest BCUT2D eigenvalue weighted by Crippen LogP contribution is -2.39. The van der Waals surface area contributed by atoms with Gasteiger partial charge in [-0.25, -0.2) is 9.36 Å². The van der Waals surface area contributed by atoms with Crippen molar-refractivity contribution in [1.29, 1.82) is 0 Å². The number of amides is 1. The first kappa shape index (κ1) is 13.6. The first-order chi connectivity index (χ1) is 10.1. The topological polar surface area (TPSA) is 82.8 Å². The maximum atomic E-state index is 12.6. The van der Waals surface area contributed by atoms with Crippen molar-refractivity contribution in [2.45, 2.75) is 18.9 Å². The number of likely N-dealkylation sites (tertiary alicyclic amines) is 1. The summed E-state index contributed by atoms with van der Waals surface area (Å²) in [6.45, 7) is 0.449. The van der Waals surface area contributed by atoms with Crippen LogP contribution in [-0.2, 0) is 0 Å². The number of carbonyl (C=O) groups excluding carboxylic acids is 1. The van der Waals surface area contributed by atoms with Crippen molar-refractivity contribution < 1.29 is 19.8 Å². The van der Waals surface area contributed by atoms with E-state index in [9.17, 15) is 19.8 Å². The first-order valence-electron chi connectivity index (χ1n) is 6.89. The van der Waals surface area contributed by atoms with Gasteiger partial charge in [-0.15, -0.1) is 0 Å². The van der Waals surface area contributed by atoms with E-state index in [1.165, 1.54) is 0 Å². The van der Waals surface area contributed by atoms with Crippen molar-refractivity contribution in [2.24, 2.45) is 0 Å². The molecule has 110 valence electrons. The molecule has 1 amide bonds. The van der Waals surface area contributed by atoms with Crippen LogP contribution in [0, 0.1) is 0 Å². The summed E-state index contributed by atoms with van der Waals surface area (Å²) in [6, 6.07) is 8.36. The Morgan fingerprint density at radius 2 is 2.05 bits per heavy atom. The van der Waals surface area contributed by atoms with Gasteiger partial charge in [0.05, 0.1) is 18.2 Å². The van der Waals surface area contributed by atoms with Crippen molar-refractivity contribution in [3.8, 4) is 0 Å². The number of hydrogen-bond donors (Lipinski definition) is 2. The highest BCUT2D eigenvalue weighted by atomic mass is 16.4. The molecule has 1 atom stereocenters. The van der Waals surface area contributed by atoms with Gasteiger partial charge in [0, 0.05) is 11.9 Å². The quantitative estimate of drug-likeness (QED) is 0.882. The average molecular weight is 288 g/mol. The van der Waals surface area contributed by atoms with Crippen LogP contribution < -0.4 is 0 Å². The van der Waals surface area contributed by atoms with Crippen molar-refractivity contribution in [3.05, 3.63) is 36.0 Å². The van der Waals surface area contributed by atoms with E-state index in [1.807, 2.05) is 0 Å². The molecule has 0 radical (unpaired) electrons.